The lowest BCUT2D eigenvalue weighted by molar-refractivity contribution is 0.654. The van der Waals surface area contributed by atoms with Crippen LogP contribution in [-0.2, 0) is 6.54 Å². The first-order valence-corrected chi connectivity index (χ1v) is 5.69. The van der Waals surface area contributed by atoms with Gasteiger partial charge in [-0.1, -0.05) is 40.2 Å². The quantitative estimate of drug-likeness (QED) is 0.605. The average Bonchev–Trinajstić information content (AvgIpc) is 2.20. The number of halogens is 1. The van der Waals surface area contributed by atoms with Gasteiger partial charge in [-0.25, -0.2) is 0 Å². The van der Waals surface area contributed by atoms with E-state index >= 15 is 0 Å². The minimum atomic E-state index is 0.929. The van der Waals surface area contributed by atoms with Crippen molar-refractivity contribution in [3.05, 3.63) is 47.0 Å². The minimum Gasteiger partial charge on any atom is -0.313 e. The van der Waals surface area contributed by atoms with Crippen LogP contribution in [0.25, 0.3) is 0 Å². The van der Waals surface area contributed by atoms with E-state index in [-0.39, 0.29) is 0 Å². The molecule has 1 nitrogen and oxygen atoms in total. The van der Waals surface area contributed by atoms with Gasteiger partial charge in [0.05, 0.1) is 0 Å². The highest BCUT2D eigenvalue weighted by Gasteiger charge is 1.96. The lowest BCUT2D eigenvalue weighted by Crippen LogP contribution is -2.14. The third-order valence-electron chi connectivity index (χ3n) is 2.04. The Morgan fingerprint density at radius 3 is 2.86 bits per heavy atom. The summed E-state index contributed by atoms with van der Waals surface area (Å²) in [4.78, 5) is 0. The van der Waals surface area contributed by atoms with Gasteiger partial charge in [-0.05, 0) is 31.0 Å². The second-order valence-corrected chi connectivity index (χ2v) is 4.05. The van der Waals surface area contributed by atoms with Gasteiger partial charge < -0.3 is 5.32 Å². The maximum atomic E-state index is 3.70. The average molecular weight is 254 g/mol. The SMILES string of the molecule is C=CCCCNCc1ccccc1Br. The molecule has 0 aliphatic heterocycles. The molecule has 0 aromatic heterocycles. The molecule has 0 saturated heterocycles. The zero-order chi connectivity index (χ0) is 10.2. The topological polar surface area (TPSA) is 12.0 Å². The molecule has 76 valence electrons. The van der Waals surface area contributed by atoms with E-state index in [0.29, 0.717) is 0 Å². The third kappa shape index (κ3) is 4.07. The van der Waals surface area contributed by atoms with E-state index in [1.807, 2.05) is 12.1 Å². The van der Waals surface area contributed by atoms with Crippen LogP contribution in [0.3, 0.4) is 0 Å². The van der Waals surface area contributed by atoms with Crippen molar-refractivity contribution >= 4 is 15.9 Å². The summed E-state index contributed by atoms with van der Waals surface area (Å²) in [6.45, 7) is 5.67. The molecule has 1 N–H and O–H groups in total. The fourth-order valence-corrected chi connectivity index (χ4v) is 1.66. The normalized spacial score (nSPS) is 10.1. The molecule has 1 aromatic rings. The van der Waals surface area contributed by atoms with Crippen molar-refractivity contribution in [1.82, 2.24) is 5.32 Å². The van der Waals surface area contributed by atoms with Gasteiger partial charge in [-0.3, -0.25) is 0 Å². The predicted octanol–water partition coefficient (Wildman–Crippen LogP) is 3.50. The van der Waals surface area contributed by atoms with Gasteiger partial charge in [0.1, 0.15) is 0 Å². The van der Waals surface area contributed by atoms with Crippen molar-refractivity contribution in [2.75, 3.05) is 6.54 Å². The lowest BCUT2D eigenvalue weighted by atomic mass is 10.2. The Kier molecular flexibility index (Phi) is 5.57. The Labute approximate surface area is 94.3 Å². The highest BCUT2D eigenvalue weighted by molar-refractivity contribution is 9.10. The second kappa shape index (κ2) is 6.80. The van der Waals surface area contributed by atoms with E-state index in [9.17, 15) is 0 Å². The first-order valence-electron chi connectivity index (χ1n) is 4.89. The molecule has 0 heterocycles. The summed E-state index contributed by atoms with van der Waals surface area (Å²) in [6, 6.07) is 8.29. The molecule has 0 aliphatic carbocycles. The van der Waals surface area contributed by atoms with Crippen LogP contribution in [0, 0.1) is 0 Å². The van der Waals surface area contributed by atoms with Gasteiger partial charge in [-0.15, -0.1) is 6.58 Å². The third-order valence-corrected chi connectivity index (χ3v) is 2.81. The molecule has 0 bridgehead atoms. The van der Waals surface area contributed by atoms with Crippen LogP contribution in [0.15, 0.2) is 41.4 Å². The van der Waals surface area contributed by atoms with Crippen LogP contribution < -0.4 is 5.32 Å². The standard InChI is InChI=1S/C12H16BrN/c1-2-3-6-9-14-10-11-7-4-5-8-12(11)13/h2,4-5,7-8,14H,1,3,6,9-10H2. The van der Waals surface area contributed by atoms with Gasteiger partial charge in [-0.2, -0.15) is 0 Å². The molecule has 1 aromatic carbocycles. The zero-order valence-corrected chi connectivity index (χ0v) is 9.89. The number of rotatable bonds is 6. The minimum absolute atomic E-state index is 0.929. The van der Waals surface area contributed by atoms with E-state index < -0.39 is 0 Å². The first-order chi connectivity index (χ1) is 6.84. The van der Waals surface area contributed by atoms with Crippen molar-refractivity contribution < 1.29 is 0 Å². The van der Waals surface area contributed by atoms with Crippen molar-refractivity contribution in [2.45, 2.75) is 19.4 Å². The molecule has 0 unspecified atom stereocenters. The van der Waals surface area contributed by atoms with E-state index in [2.05, 4.69) is 46.0 Å². The molecule has 0 amide bonds. The van der Waals surface area contributed by atoms with E-state index in [1.54, 1.807) is 0 Å². The maximum absolute atomic E-state index is 3.70. The summed E-state index contributed by atoms with van der Waals surface area (Å²) < 4.78 is 1.18. The molecular weight excluding hydrogens is 238 g/mol. The molecule has 0 fully saturated rings. The van der Waals surface area contributed by atoms with Crippen LogP contribution >= 0.6 is 15.9 Å². The summed E-state index contributed by atoms with van der Waals surface area (Å²) >= 11 is 3.52. The number of hydrogen-bond acceptors (Lipinski definition) is 1. The van der Waals surface area contributed by atoms with Crippen LogP contribution in [0.1, 0.15) is 18.4 Å². The Balaban J connectivity index is 2.24. The van der Waals surface area contributed by atoms with E-state index in [0.717, 1.165) is 25.9 Å². The summed E-state index contributed by atoms with van der Waals surface area (Å²) in [5.74, 6) is 0. The molecule has 0 aliphatic rings. The fourth-order valence-electron chi connectivity index (χ4n) is 1.24. The maximum Gasteiger partial charge on any atom is 0.0220 e. The molecule has 0 radical (unpaired) electrons. The van der Waals surface area contributed by atoms with Crippen LogP contribution in [-0.4, -0.2) is 6.54 Å². The molecule has 2 heteroatoms. The number of unbranched alkanes of at least 4 members (excludes halogenated alkanes) is 1. The molecule has 14 heavy (non-hydrogen) atoms. The van der Waals surface area contributed by atoms with Gasteiger partial charge in [0.15, 0.2) is 0 Å². The second-order valence-electron chi connectivity index (χ2n) is 3.20. The van der Waals surface area contributed by atoms with Gasteiger partial charge in [0.25, 0.3) is 0 Å². The highest BCUT2D eigenvalue weighted by atomic mass is 79.9. The lowest BCUT2D eigenvalue weighted by Gasteiger charge is -2.05. The monoisotopic (exact) mass is 253 g/mol. The Hall–Kier alpha value is -0.600. The van der Waals surface area contributed by atoms with Crippen molar-refractivity contribution in [3.63, 3.8) is 0 Å². The predicted molar refractivity (Wildman–Crippen MR) is 65.3 cm³/mol. The zero-order valence-electron chi connectivity index (χ0n) is 8.30. The van der Waals surface area contributed by atoms with E-state index in [4.69, 9.17) is 0 Å². The van der Waals surface area contributed by atoms with Crippen LogP contribution in [0.2, 0.25) is 0 Å². The van der Waals surface area contributed by atoms with Crippen molar-refractivity contribution in [1.29, 1.82) is 0 Å². The van der Waals surface area contributed by atoms with Crippen molar-refractivity contribution in [2.24, 2.45) is 0 Å². The summed E-state index contributed by atoms with van der Waals surface area (Å²) in [5.41, 5.74) is 1.31. The number of benzene rings is 1. The van der Waals surface area contributed by atoms with Gasteiger partial charge >= 0.3 is 0 Å². The van der Waals surface area contributed by atoms with Gasteiger partial charge in [0, 0.05) is 11.0 Å². The molecule has 0 spiro atoms. The van der Waals surface area contributed by atoms with Crippen molar-refractivity contribution in [3.8, 4) is 0 Å². The van der Waals surface area contributed by atoms with Gasteiger partial charge in [0.2, 0.25) is 0 Å². The number of allylic oxidation sites excluding steroid dienone is 1. The number of hydrogen-bond donors (Lipinski definition) is 1. The smallest absolute Gasteiger partial charge is 0.0220 e. The van der Waals surface area contributed by atoms with Crippen LogP contribution in [0.5, 0.6) is 0 Å². The summed E-state index contributed by atoms with van der Waals surface area (Å²) in [7, 11) is 0. The molecule has 0 atom stereocenters. The molecule has 1 rings (SSSR count). The highest BCUT2D eigenvalue weighted by Crippen LogP contribution is 2.15. The Bertz CT molecular complexity index is 283. The summed E-state index contributed by atoms with van der Waals surface area (Å²) in [6.07, 6.45) is 4.21. The largest absolute Gasteiger partial charge is 0.313 e. The molecule has 0 saturated carbocycles. The first kappa shape index (κ1) is 11.5. The fraction of sp³-hybridized carbons (Fsp3) is 0.333. The van der Waals surface area contributed by atoms with E-state index in [1.165, 1.54) is 10.0 Å². The number of nitrogens with one attached hydrogen (secondary N) is 1. The molecular formula is C12H16BrN. The Morgan fingerprint density at radius 1 is 1.36 bits per heavy atom. The summed E-state index contributed by atoms with van der Waals surface area (Å²) in [5, 5.41) is 3.40. The van der Waals surface area contributed by atoms with Crippen LogP contribution in [0.4, 0.5) is 0 Å². The Morgan fingerprint density at radius 2 is 2.14 bits per heavy atom.